The first-order valence-corrected chi connectivity index (χ1v) is 8.03. The van der Waals surface area contributed by atoms with Crippen molar-refractivity contribution in [2.75, 3.05) is 45.6 Å². The SMILES string of the molecule is CC(C)OCCN1CCCN(S(C)(=O)=O)CC1. The minimum absolute atomic E-state index is 0.259. The van der Waals surface area contributed by atoms with Gasteiger partial charge in [0, 0.05) is 26.2 Å². The molecule has 5 nitrogen and oxygen atoms in total. The van der Waals surface area contributed by atoms with Gasteiger partial charge in [-0.15, -0.1) is 0 Å². The largest absolute Gasteiger partial charge is 0.377 e. The van der Waals surface area contributed by atoms with Crippen molar-refractivity contribution in [3.05, 3.63) is 0 Å². The fraction of sp³-hybridized carbons (Fsp3) is 1.00. The van der Waals surface area contributed by atoms with E-state index in [0.29, 0.717) is 13.1 Å². The van der Waals surface area contributed by atoms with Gasteiger partial charge in [-0.25, -0.2) is 12.7 Å². The summed E-state index contributed by atoms with van der Waals surface area (Å²) in [4.78, 5) is 2.27. The molecule has 6 heteroatoms. The summed E-state index contributed by atoms with van der Waals surface area (Å²) in [6.45, 7) is 8.64. The number of sulfonamides is 1. The standard InChI is InChI=1S/C11H24N2O3S/c1-11(2)16-10-9-12-5-4-6-13(8-7-12)17(3,14)15/h11H,4-10H2,1-3H3. The van der Waals surface area contributed by atoms with E-state index in [1.54, 1.807) is 4.31 Å². The highest BCUT2D eigenvalue weighted by Crippen LogP contribution is 2.06. The lowest BCUT2D eigenvalue weighted by Crippen LogP contribution is -2.35. The van der Waals surface area contributed by atoms with E-state index in [1.165, 1.54) is 6.26 Å². The number of hydrogen-bond acceptors (Lipinski definition) is 4. The Morgan fingerprint density at radius 2 is 1.88 bits per heavy atom. The van der Waals surface area contributed by atoms with Gasteiger partial charge in [0.05, 0.1) is 19.0 Å². The molecule has 0 saturated carbocycles. The van der Waals surface area contributed by atoms with Gasteiger partial charge in [-0.1, -0.05) is 0 Å². The molecule has 0 bridgehead atoms. The third kappa shape index (κ3) is 5.81. The van der Waals surface area contributed by atoms with Crippen LogP contribution in [0.25, 0.3) is 0 Å². The minimum atomic E-state index is -3.03. The van der Waals surface area contributed by atoms with Crippen molar-refractivity contribution in [2.24, 2.45) is 0 Å². The zero-order chi connectivity index (χ0) is 12.9. The van der Waals surface area contributed by atoms with Gasteiger partial charge in [-0.05, 0) is 26.8 Å². The van der Waals surface area contributed by atoms with E-state index in [4.69, 9.17) is 4.74 Å². The van der Waals surface area contributed by atoms with Gasteiger partial charge in [0.25, 0.3) is 0 Å². The molecule has 0 amide bonds. The highest BCUT2D eigenvalue weighted by atomic mass is 32.2. The summed E-state index contributed by atoms with van der Waals surface area (Å²) < 4.78 is 29.9. The summed E-state index contributed by atoms with van der Waals surface area (Å²) in [5.74, 6) is 0. The zero-order valence-corrected chi connectivity index (χ0v) is 11.9. The second kappa shape index (κ2) is 6.68. The average molecular weight is 264 g/mol. The Morgan fingerprint density at radius 3 is 2.47 bits per heavy atom. The highest BCUT2D eigenvalue weighted by Gasteiger charge is 2.20. The topological polar surface area (TPSA) is 49.9 Å². The van der Waals surface area contributed by atoms with E-state index in [-0.39, 0.29) is 6.10 Å². The maximum Gasteiger partial charge on any atom is 0.211 e. The lowest BCUT2D eigenvalue weighted by molar-refractivity contribution is 0.0601. The normalized spacial score (nSPS) is 20.7. The van der Waals surface area contributed by atoms with Gasteiger partial charge in [0.2, 0.25) is 10.0 Å². The van der Waals surface area contributed by atoms with Crippen molar-refractivity contribution in [2.45, 2.75) is 26.4 Å². The Hall–Kier alpha value is -0.170. The lowest BCUT2D eigenvalue weighted by Gasteiger charge is -2.21. The first kappa shape index (κ1) is 14.9. The van der Waals surface area contributed by atoms with Crippen LogP contribution in [0.2, 0.25) is 0 Å². The molecule has 1 rings (SSSR count). The summed E-state index contributed by atoms with van der Waals surface area (Å²) in [5.41, 5.74) is 0. The molecule has 1 saturated heterocycles. The predicted octanol–water partition coefficient (Wildman–Crippen LogP) is 0.379. The van der Waals surface area contributed by atoms with Crippen molar-refractivity contribution in [1.29, 1.82) is 0 Å². The van der Waals surface area contributed by atoms with E-state index in [9.17, 15) is 8.42 Å². The van der Waals surface area contributed by atoms with Crippen LogP contribution < -0.4 is 0 Å². The number of ether oxygens (including phenoxy) is 1. The van der Waals surface area contributed by atoms with Gasteiger partial charge in [0.15, 0.2) is 0 Å². The van der Waals surface area contributed by atoms with E-state index in [0.717, 1.165) is 32.7 Å². The van der Waals surface area contributed by atoms with Crippen LogP contribution >= 0.6 is 0 Å². The third-order valence-electron chi connectivity index (χ3n) is 2.88. The smallest absolute Gasteiger partial charge is 0.211 e. The number of nitrogens with zero attached hydrogens (tertiary/aromatic N) is 2. The van der Waals surface area contributed by atoms with Crippen LogP contribution in [0.4, 0.5) is 0 Å². The van der Waals surface area contributed by atoms with Gasteiger partial charge >= 0.3 is 0 Å². The van der Waals surface area contributed by atoms with Crippen molar-refractivity contribution < 1.29 is 13.2 Å². The first-order valence-electron chi connectivity index (χ1n) is 6.18. The Labute approximate surface area is 105 Å². The first-order chi connectivity index (χ1) is 7.89. The molecule has 1 aliphatic heterocycles. The van der Waals surface area contributed by atoms with Gasteiger partial charge < -0.3 is 4.74 Å². The summed E-state index contributed by atoms with van der Waals surface area (Å²) in [6, 6.07) is 0. The van der Waals surface area contributed by atoms with E-state index in [1.807, 2.05) is 13.8 Å². The molecule has 0 spiro atoms. The highest BCUT2D eigenvalue weighted by molar-refractivity contribution is 7.88. The molecular formula is C11H24N2O3S. The Bertz CT molecular complexity index is 317. The summed E-state index contributed by atoms with van der Waals surface area (Å²) in [6.07, 6.45) is 2.44. The van der Waals surface area contributed by atoms with Crippen LogP contribution in [0, 0.1) is 0 Å². The van der Waals surface area contributed by atoms with Crippen molar-refractivity contribution in [3.63, 3.8) is 0 Å². The third-order valence-corrected chi connectivity index (χ3v) is 4.18. The molecule has 1 aliphatic rings. The molecule has 0 N–H and O–H groups in total. The zero-order valence-electron chi connectivity index (χ0n) is 11.1. The number of hydrogen-bond donors (Lipinski definition) is 0. The molecule has 0 atom stereocenters. The Morgan fingerprint density at radius 1 is 1.18 bits per heavy atom. The van der Waals surface area contributed by atoms with Gasteiger partial charge in [-0.2, -0.15) is 0 Å². The van der Waals surface area contributed by atoms with E-state index in [2.05, 4.69) is 4.90 Å². The average Bonchev–Trinajstić information content (AvgIpc) is 2.41. The van der Waals surface area contributed by atoms with Crippen LogP contribution in [-0.2, 0) is 14.8 Å². The molecule has 0 aromatic heterocycles. The van der Waals surface area contributed by atoms with Gasteiger partial charge in [-0.3, -0.25) is 4.90 Å². The fourth-order valence-corrected chi connectivity index (χ4v) is 2.79. The molecule has 102 valence electrons. The molecule has 0 aromatic carbocycles. The van der Waals surface area contributed by atoms with Crippen LogP contribution in [0.5, 0.6) is 0 Å². The second-order valence-corrected chi connectivity index (χ2v) is 6.76. The van der Waals surface area contributed by atoms with E-state index >= 15 is 0 Å². The van der Waals surface area contributed by atoms with Crippen LogP contribution in [0.1, 0.15) is 20.3 Å². The van der Waals surface area contributed by atoms with Crippen molar-refractivity contribution in [3.8, 4) is 0 Å². The van der Waals surface area contributed by atoms with Crippen LogP contribution in [-0.4, -0.2) is 69.3 Å². The van der Waals surface area contributed by atoms with Crippen LogP contribution in [0.3, 0.4) is 0 Å². The molecule has 17 heavy (non-hydrogen) atoms. The number of rotatable bonds is 5. The molecule has 0 aliphatic carbocycles. The lowest BCUT2D eigenvalue weighted by atomic mass is 10.4. The van der Waals surface area contributed by atoms with Crippen molar-refractivity contribution in [1.82, 2.24) is 9.21 Å². The summed E-state index contributed by atoms with van der Waals surface area (Å²) in [7, 11) is -3.03. The molecular weight excluding hydrogens is 240 g/mol. The molecule has 1 heterocycles. The molecule has 0 aromatic rings. The fourth-order valence-electron chi connectivity index (χ4n) is 1.92. The predicted molar refractivity (Wildman–Crippen MR) is 68.6 cm³/mol. The summed E-state index contributed by atoms with van der Waals surface area (Å²) in [5, 5.41) is 0. The van der Waals surface area contributed by atoms with Crippen LogP contribution in [0.15, 0.2) is 0 Å². The minimum Gasteiger partial charge on any atom is -0.377 e. The summed E-state index contributed by atoms with van der Waals surface area (Å²) >= 11 is 0. The second-order valence-electron chi connectivity index (χ2n) is 4.78. The maximum absolute atomic E-state index is 11.4. The van der Waals surface area contributed by atoms with Gasteiger partial charge in [0.1, 0.15) is 0 Å². The Kier molecular flexibility index (Phi) is 5.85. The van der Waals surface area contributed by atoms with Crippen molar-refractivity contribution >= 4 is 10.0 Å². The van der Waals surface area contributed by atoms with E-state index < -0.39 is 10.0 Å². The quantitative estimate of drug-likeness (QED) is 0.720. The maximum atomic E-state index is 11.4. The monoisotopic (exact) mass is 264 g/mol. The molecule has 0 radical (unpaired) electrons. The Balaban J connectivity index is 2.33. The molecule has 1 fully saturated rings. The molecule has 0 unspecified atom stereocenters.